The molecule has 1 aliphatic rings. The smallest absolute Gasteiger partial charge is 0.120 e. The largest absolute Gasteiger partial charge is 0.465 e. The predicted octanol–water partition coefficient (Wildman–Crippen LogP) is 1.73. The molecule has 1 saturated carbocycles. The SMILES string of the molecule is Cc1ccc(C(C)NC2CC(N)C2)o1. The summed E-state index contributed by atoms with van der Waals surface area (Å²) >= 11 is 0. The highest BCUT2D eigenvalue weighted by Crippen LogP contribution is 2.23. The monoisotopic (exact) mass is 194 g/mol. The zero-order valence-electron chi connectivity index (χ0n) is 8.79. The highest BCUT2D eigenvalue weighted by molar-refractivity contribution is 5.09. The number of nitrogens with one attached hydrogen (secondary N) is 1. The van der Waals surface area contributed by atoms with Gasteiger partial charge in [0.2, 0.25) is 0 Å². The van der Waals surface area contributed by atoms with E-state index in [1.807, 2.05) is 19.1 Å². The van der Waals surface area contributed by atoms with E-state index >= 15 is 0 Å². The van der Waals surface area contributed by atoms with Crippen LogP contribution in [0.25, 0.3) is 0 Å². The van der Waals surface area contributed by atoms with Crippen LogP contribution in [0.3, 0.4) is 0 Å². The van der Waals surface area contributed by atoms with Gasteiger partial charge in [0.25, 0.3) is 0 Å². The van der Waals surface area contributed by atoms with Gasteiger partial charge in [0.1, 0.15) is 11.5 Å². The number of aryl methyl sites for hydroxylation is 1. The number of hydrogen-bond donors (Lipinski definition) is 2. The standard InChI is InChI=1S/C11H18N2O/c1-7-3-4-11(14-7)8(2)13-10-5-9(12)6-10/h3-4,8-10,13H,5-6,12H2,1-2H3. The average Bonchev–Trinajstić information content (AvgIpc) is 2.49. The van der Waals surface area contributed by atoms with Crippen molar-refractivity contribution in [3.63, 3.8) is 0 Å². The summed E-state index contributed by atoms with van der Waals surface area (Å²) in [5, 5.41) is 3.50. The van der Waals surface area contributed by atoms with Crippen molar-refractivity contribution in [2.75, 3.05) is 0 Å². The summed E-state index contributed by atoms with van der Waals surface area (Å²) in [5.41, 5.74) is 5.72. The zero-order chi connectivity index (χ0) is 10.1. The molecule has 0 radical (unpaired) electrons. The second kappa shape index (κ2) is 3.75. The van der Waals surface area contributed by atoms with Gasteiger partial charge in [0.05, 0.1) is 6.04 Å². The van der Waals surface area contributed by atoms with E-state index < -0.39 is 0 Å². The van der Waals surface area contributed by atoms with E-state index in [1.165, 1.54) is 0 Å². The van der Waals surface area contributed by atoms with Crippen LogP contribution in [0.5, 0.6) is 0 Å². The lowest BCUT2D eigenvalue weighted by Crippen LogP contribution is -2.48. The third-order valence-electron chi connectivity index (χ3n) is 2.85. The third kappa shape index (κ3) is 1.99. The summed E-state index contributed by atoms with van der Waals surface area (Å²) in [6.07, 6.45) is 2.17. The van der Waals surface area contributed by atoms with Gasteiger partial charge in [-0.25, -0.2) is 0 Å². The van der Waals surface area contributed by atoms with Crippen molar-refractivity contribution in [1.82, 2.24) is 5.32 Å². The first-order chi connectivity index (χ1) is 6.65. The molecular weight excluding hydrogens is 176 g/mol. The molecule has 0 saturated heterocycles. The average molecular weight is 194 g/mol. The first-order valence-electron chi connectivity index (χ1n) is 5.23. The van der Waals surface area contributed by atoms with Gasteiger partial charge in [-0.15, -0.1) is 0 Å². The number of nitrogens with two attached hydrogens (primary N) is 1. The maximum Gasteiger partial charge on any atom is 0.120 e. The minimum atomic E-state index is 0.293. The summed E-state index contributed by atoms with van der Waals surface area (Å²) in [6.45, 7) is 4.09. The molecule has 0 spiro atoms. The molecule has 0 bridgehead atoms. The molecule has 0 amide bonds. The summed E-state index contributed by atoms with van der Waals surface area (Å²) in [5.74, 6) is 1.99. The lowest BCUT2D eigenvalue weighted by atomic mass is 9.87. The molecule has 1 heterocycles. The fraction of sp³-hybridized carbons (Fsp3) is 0.636. The topological polar surface area (TPSA) is 51.2 Å². The molecule has 3 nitrogen and oxygen atoms in total. The van der Waals surface area contributed by atoms with Crippen molar-refractivity contribution < 1.29 is 4.42 Å². The van der Waals surface area contributed by atoms with Crippen molar-refractivity contribution in [2.24, 2.45) is 5.73 Å². The normalized spacial score (nSPS) is 28.5. The summed E-state index contributed by atoms with van der Waals surface area (Å²) in [7, 11) is 0. The van der Waals surface area contributed by atoms with Crippen molar-refractivity contribution >= 4 is 0 Å². The Kier molecular flexibility index (Phi) is 2.61. The first kappa shape index (κ1) is 9.74. The molecule has 14 heavy (non-hydrogen) atoms. The van der Waals surface area contributed by atoms with Crippen molar-refractivity contribution in [1.29, 1.82) is 0 Å². The van der Waals surface area contributed by atoms with Crippen LogP contribution in [0.15, 0.2) is 16.5 Å². The number of hydrogen-bond acceptors (Lipinski definition) is 3. The van der Waals surface area contributed by atoms with Crippen LogP contribution >= 0.6 is 0 Å². The molecule has 1 aliphatic carbocycles. The van der Waals surface area contributed by atoms with Crippen molar-refractivity contribution in [3.05, 3.63) is 23.7 Å². The van der Waals surface area contributed by atoms with Gasteiger partial charge in [-0.3, -0.25) is 0 Å². The zero-order valence-corrected chi connectivity index (χ0v) is 8.79. The summed E-state index contributed by atoms with van der Waals surface area (Å²) in [4.78, 5) is 0. The van der Waals surface area contributed by atoms with Crippen LogP contribution in [0, 0.1) is 6.92 Å². The van der Waals surface area contributed by atoms with Crippen LogP contribution in [0.2, 0.25) is 0 Å². The Labute approximate surface area is 84.7 Å². The molecule has 0 aromatic carbocycles. The molecular formula is C11H18N2O. The molecule has 1 aromatic rings. The second-order valence-electron chi connectivity index (χ2n) is 4.27. The van der Waals surface area contributed by atoms with Crippen molar-refractivity contribution in [3.8, 4) is 0 Å². The lowest BCUT2D eigenvalue weighted by Gasteiger charge is -2.34. The fourth-order valence-electron chi connectivity index (χ4n) is 1.92. The molecule has 1 fully saturated rings. The Morgan fingerprint density at radius 3 is 2.71 bits per heavy atom. The molecule has 78 valence electrons. The van der Waals surface area contributed by atoms with Gasteiger partial charge in [-0.05, 0) is 38.8 Å². The maximum absolute atomic E-state index is 5.72. The van der Waals surface area contributed by atoms with Gasteiger partial charge in [-0.2, -0.15) is 0 Å². The number of furan rings is 1. The molecule has 1 unspecified atom stereocenters. The maximum atomic E-state index is 5.72. The lowest BCUT2D eigenvalue weighted by molar-refractivity contribution is 0.259. The van der Waals surface area contributed by atoms with E-state index in [0.29, 0.717) is 18.1 Å². The van der Waals surface area contributed by atoms with Gasteiger partial charge in [-0.1, -0.05) is 0 Å². The van der Waals surface area contributed by atoms with Gasteiger partial charge in [0, 0.05) is 12.1 Å². The van der Waals surface area contributed by atoms with Crippen LogP contribution < -0.4 is 11.1 Å². The highest BCUT2D eigenvalue weighted by atomic mass is 16.3. The molecule has 1 atom stereocenters. The number of rotatable bonds is 3. The van der Waals surface area contributed by atoms with E-state index in [4.69, 9.17) is 10.2 Å². The highest BCUT2D eigenvalue weighted by Gasteiger charge is 2.27. The van der Waals surface area contributed by atoms with E-state index in [0.717, 1.165) is 24.4 Å². The summed E-state index contributed by atoms with van der Waals surface area (Å²) in [6, 6.07) is 5.30. The minimum Gasteiger partial charge on any atom is -0.465 e. The van der Waals surface area contributed by atoms with E-state index in [2.05, 4.69) is 12.2 Å². The second-order valence-corrected chi connectivity index (χ2v) is 4.27. The Balaban J connectivity index is 1.86. The van der Waals surface area contributed by atoms with Gasteiger partial charge >= 0.3 is 0 Å². The molecule has 3 heteroatoms. The first-order valence-corrected chi connectivity index (χ1v) is 5.23. The Bertz CT molecular complexity index is 302. The van der Waals surface area contributed by atoms with Crippen LogP contribution in [0.4, 0.5) is 0 Å². The molecule has 2 rings (SSSR count). The Morgan fingerprint density at radius 1 is 1.50 bits per heavy atom. The van der Waals surface area contributed by atoms with E-state index in [9.17, 15) is 0 Å². The van der Waals surface area contributed by atoms with Crippen molar-refractivity contribution in [2.45, 2.75) is 44.8 Å². The van der Waals surface area contributed by atoms with Crippen LogP contribution in [0.1, 0.15) is 37.3 Å². The fourth-order valence-corrected chi connectivity index (χ4v) is 1.92. The van der Waals surface area contributed by atoms with E-state index in [1.54, 1.807) is 0 Å². The molecule has 1 aromatic heterocycles. The minimum absolute atomic E-state index is 0.293. The van der Waals surface area contributed by atoms with Gasteiger partial charge < -0.3 is 15.5 Å². The Hall–Kier alpha value is -0.800. The van der Waals surface area contributed by atoms with Gasteiger partial charge in [0.15, 0.2) is 0 Å². The third-order valence-corrected chi connectivity index (χ3v) is 2.85. The Morgan fingerprint density at radius 2 is 2.21 bits per heavy atom. The summed E-state index contributed by atoms with van der Waals surface area (Å²) < 4.78 is 5.55. The molecule has 0 aliphatic heterocycles. The molecule has 3 N–H and O–H groups in total. The van der Waals surface area contributed by atoms with E-state index in [-0.39, 0.29) is 0 Å². The quantitative estimate of drug-likeness (QED) is 0.770. The predicted molar refractivity (Wildman–Crippen MR) is 56.0 cm³/mol. The van der Waals surface area contributed by atoms with Crippen LogP contribution in [-0.4, -0.2) is 12.1 Å². The van der Waals surface area contributed by atoms with Crippen LogP contribution in [-0.2, 0) is 0 Å².